The molecule has 12 aliphatic rings. The fourth-order valence-corrected chi connectivity index (χ4v) is 23.3. The summed E-state index contributed by atoms with van der Waals surface area (Å²) >= 11 is 0. The van der Waals surface area contributed by atoms with Gasteiger partial charge in [-0.2, -0.15) is 0 Å². The van der Waals surface area contributed by atoms with Crippen LogP contribution in [0.3, 0.4) is 0 Å². The Bertz CT molecular complexity index is 6360. The van der Waals surface area contributed by atoms with E-state index in [1.807, 2.05) is 60.7 Å². The summed E-state index contributed by atoms with van der Waals surface area (Å²) in [5, 5.41) is 59.6. The monoisotopic (exact) mass is 2030 g/mol. The highest BCUT2D eigenvalue weighted by Crippen LogP contribution is 2.58. The quantitative estimate of drug-likeness (QED) is 0.0136. The Labute approximate surface area is 872 Å². The molecule has 790 valence electrons. The van der Waals surface area contributed by atoms with Crippen molar-refractivity contribution < 1.29 is 71.7 Å². The zero-order valence-corrected chi connectivity index (χ0v) is 85.1. The van der Waals surface area contributed by atoms with Gasteiger partial charge < -0.3 is 117 Å². The topological polar surface area (TPSA) is 405 Å². The minimum absolute atomic E-state index is 0. The maximum absolute atomic E-state index is 13.5. The highest BCUT2D eigenvalue weighted by atomic mass is 16.6. The van der Waals surface area contributed by atoms with E-state index in [1.165, 1.54) is 0 Å². The summed E-state index contributed by atoms with van der Waals surface area (Å²) in [5.74, 6) is 0.150. The first-order chi connectivity index (χ1) is 71.7. The number of benzene rings is 9. The molecule has 0 radical (unpaired) electrons. The Morgan fingerprint density at radius 1 is 0.362 bits per heavy atom. The van der Waals surface area contributed by atoms with Crippen LogP contribution in [-0.2, 0) is 10.3 Å². The van der Waals surface area contributed by atoms with Gasteiger partial charge in [-0.25, -0.2) is 47.5 Å². The van der Waals surface area contributed by atoms with Gasteiger partial charge in [-0.1, -0.05) is 75.5 Å². The molecule has 10 aliphatic heterocycles. The lowest BCUT2D eigenvalue weighted by Gasteiger charge is -2.41. The second kappa shape index (κ2) is 50.6. The van der Waals surface area contributed by atoms with Crippen molar-refractivity contribution in [2.45, 2.75) is 211 Å². The summed E-state index contributed by atoms with van der Waals surface area (Å²) in [5.41, 5.74) is 12.3. The Hall–Kier alpha value is -15.1. The van der Waals surface area contributed by atoms with Gasteiger partial charge in [0, 0.05) is 285 Å². The standard InChI is InChI=1S/3C38H46N6O5.2CH4/c1-39-36(46)41-19-17-25-9-5-7-21-43(25)27-13-15-31-33(23-27)48-34-24-28(44-22-8-6-10-26(44)18-20-42-37(47)40-2)14-16-32(34)38(31)30-12-4-3-11-29(30)35(45)49-38;2*1-39-37(47)41-19-17-25-9-5-7-21-43(25)27-13-15-31-33(23-27)49-34-24-28(44-22-8-6-10-26(44)18-20-42-38(48)40-2)14-16-32(34)35(31)29-11-3-4-12-30(29)36(45)46;;/h3-4,11-16,23-26H,5-10,17-22H2,1-2H3,(H2,39,41,46)(H2,40,42,47);2*3-4,11-16,23-26H,5-10,17-22H2,1-2H3,(H4-,39,40,41,42,45,46,47,48);2*1H4/p+1. The van der Waals surface area contributed by atoms with Crippen LogP contribution in [0.4, 0.5) is 51.5 Å². The lowest BCUT2D eigenvalue weighted by molar-refractivity contribution is -0.255. The normalized spacial score (nSPS) is 19.8. The number of carboxylic acid groups (broad SMARTS) is 2. The summed E-state index contributed by atoms with van der Waals surface area (Å²) in [6.45, 7) is 8.97. The average molecular weight is 2030 g/mol. The minimum atomic E-state index is -1.23. The number of ether oxygens (including phenoxy) is 2. The Morgan fingerprint density at radius 2 is 0.698 bits per heavy atom. The van der Waals surface area contributed by atoms with E-state index in [9.17, 15) is 53.4 Å². The second-order valence-electron chi connectivity index (χ2n) is 39.3. The van der Waals surface area contributed by atoms with Gasteiger partial charge >= 0.3 is 48.1 Å². The molecule has 33 nitrogen and oxygen atoms in total. The van der Waals surface area contributed by atoms with Crippen LogP contribution >= 0.6 is 0 Å². The van der Waals surface area contributed by atoms with Crippen LogP contribution in [0.2, 0.25) is 0 Å². The molecule has 12 amide bonds. The molecule has 1 spiro atoms. The molecule has 7 aromatic rings. The van der Waals surface area contributed by atoms with Crippen LogP contribution < -0.4 is 113 Å². The molecule has 6 atom stereocenters. The SMILES string of the molecule is C.C.CNC(=O)NCCC1CCCCN1c1ccc2c(-c3ccccc3C(=O)O)c3ccc(=[N+]4CCCCC4CCNC(=O)NC)cc-3oc2c1.CNC(=O)NCCC1CCCCN1c1ccc2c(-c3ccccc3C(=O)[O-])c3ccc(=[N+]4CCCCC4CCNC(=O)NC)cc-3oc2c1.CNC(=O)NCCC1CCCCN1c1ccc2c(c1)Oc1cc(N3CCCCC3CCNC(=O)NC)ccc1C21OC(=O)c2ccccc21. The van der Waals surface area contributed by atoms with E-state index in [0.29, 0.717) is 90.1 Å². The van der Waals surface area contributed by atoms with Crippen molar-refractivity contribution in [2.24, 2.45) is 0 Å². The number of rotatable bonds is 26. The third kappa shape index (κ3) is 24.5. The maximum Gasteiger partial charge on any atom is 0.340 e. The number of aromatic carboxylic acids is 2. The van der Waals surface area contributed by atoms with E-state index in [4.69, 9.17) is 18.3 Å². The van der Waals surface area contributed by atoms with Crippen molar-refractivity contribution in [3.05, 3.63) is 226 Å². The molecule has 149 heavy (non-hydrogen) atoms. The molecule has 6 fully saturated rings. The fourth-order valence-electron chi connectivity index (χ4n) is 23.3. The predicted molar refractivity (Wildman–Crippen MR) is 584 cm³/mol. The number of carboxylic acids is 2. The Kier molecular flexibility index (Phi) is 36.7. The number of anilines is 4. The van der Waals surface area contributed by atoms with Crippen molar-refractivity contribution >= 4 is 98.8 Å². The molecule has 13 N–H and O–H groups in total. The molecule has 0 bridgehead atoms. The molecule has 0 saturated carbocycles. The van der Waals surface area contributed by atoms with Crippen molar-refractivity contribution in [1.29, 1.82) is 0 Å². The minimum Gasteiger partial charge on any atom is -0.545 e. The average Bonchev–Trinajstić information content (AvgIpc) is 1.56. The molecule has 33 heteroatoms. The first-order valence-corrected chi connectivity index (χ1v) is 52.6. The molecule has 19 rings (SSSR count). The summed E-state index contributed by atoms with van der Waals surface area (Å²) in [4.78, 5) is 119. The summed E-state index contributed by atoms with van der Waals surface area (Å²) < 4.78 is 31.6. The molecule has 0 aromatic heterocycles. The van der Waals surface area contributed by atoms with Crippen LogP contribution in [0.5, 0.6) is 11.5 Å². The number of hydrogen-bond donors (Lipinski definition) is 13. The molecule has 6 unspecified atom stereocenters. The number of fused-ring (bicyclic) bond motifs is 10. The maximum atomic E-state index is 13.5. The van der Waals surface area contributed by atoms with Crippen molar-refractivity contribution in [1.82, 2.24) is 73.0 Å². The van der Waals surface area contributed by atoms with E-state index < -0.39 is 17.5 Å². The van der Waals surface area contributed by atoms with Crippen molar-refractivity contribution in [3.63, 3.8) is 0 Å². The van der Waals surface area contributed by atoms with E-state index in [2.05, 4.69) is 190 Å². The van der Waals surface area contributed by atoms with Crippen molar-refractivity contribution in [2.75, 3.05) is 140 Å². The Balaban J connectivity index is 0.000000166. The number of hydrogen-bond acceptors (Lipinski definition) is 18. The molecule has 6 saturated heterocycles. The van der Waals surface area contributed by atoms with Gasteiger partial charge in [0.1, 0.15) is 47.3 Å². The van der Waals surface area contributed by atoms with Gasteiger partial charge in [-0.3, -0.25) is 0 Å². The smallest absolute Gasteiger partial charge is 0.340 e. The van der Waals surface area contributed by atoms with Crippen molar-refractivity contribution in [3.8, 4) is 56.4 Å². The molecule has 10 heterocycles. The number of amides is 12. The van der Waals surface area contributed by atoms with Gasteiger partial charge in [0.15, 0.2) is 17.7 Å². The van der Waals surface area contributed by atoms with Gasteiger partial charge in [0.05, 0.1) is 29.2 Å². The largest absolute Gasteiger partial charge is 0.545 e. The number of carbonyl (C=O) groups excluding carboxylic acids is 8. The Morgan fingerprint density at radius 3 is 1.07 bits per heavy atom. The third-order valence-electron chi connectivity index (χ3n) is 30.6. The van der Waals surface area contributed by atoms with Crippen LogP contribution in [0, 0.1) is 0 Å². The highest BCUT2D eigenvalue weighted by molar-refractivity contribution is 6.09. The van der Waals surface area contributed by atoms with Crippen LogP contribution in [-0.4, -0.2) is 216 Å². The number of nitrogens with zero attached hydrogens (tertiary/aromatic N) is 6. The zero-order chi connectivity index (χ0) is 103. The van der Waals surface area contributed by atoms with Crippen LogP contribution in [0.15, 0.2) is 191 Å². The number of carbonyl (C=O) groups is 9. The number of esters is 1. The lowest BCUT2D eigenvalue weighted by Crippen LogP contribution is -2.45. The molecule has 2 aliphatic carbocycles. The third-order valence-corrected chi connectivity index (χ3v) is 30.6. The summed E-state index contributed by atoms with van der Waals surface area (Å²) in [6, 6.07) is 59.9. The van der Waals surface area contributed by atoms with E-state index >= 15 is 0 Å². The van der Waals surface area contributed by atoms with Gasteiger partial charge in [0.25, 0.3) is 0 Å². The first kappa shape index (κ1) is 108. The summed E-state index contributed by atoms with van der Waals surface area (Å²) in [7, 11) is 9.72. The van der Waals surface area contributed by atoms with E-state index in [0.717, 1.165) is 277 Å². The lowest BCUT2D eigenvalue weighted by atomic mass is 9.77. The number of nitrogens with one attached hydrogen (secondary N) is 12. The van der Waals surface area contributed by atoms with Gasteiger partial charge in [-0.05, 0) is 199 Å². The first-order valence-electron chi connectivity index (χ1n) is 52.6. The number of piperidine rings is 6. The predicted octanol–water partition coefficient (Wildman–Crippen LogP) is 16.0. The van der Waals surface area contributed by atoms with E-state index in [-0.39, 0.29) is 104 Å². The molecular formula is C116H147N18O15+. The summed E-state index contributed by atoms with van der Waals surface area (Å²) in [6.07, 6.45) is 24.6. The van der Waals surface area contributed by atoms with E-state index in [1.54, 1.807) is 66.6 Å². The highest BCUT2D eigenvalue weighted by Gasteiger charge is 2.54. The fraction of sp³-hybridized carbons (Fsp3) is 0.440. The van der Waals surface area contributed by atoms with Gasteiger partial charge in [-0.15, -0.1) is 0 Å². The van der Waals surface area contributed by atoms with Crippen LogP contribution in [0.1, 0.15) is 217 Å². The molecular weight excluding hydrogens is 1890 g/mol. The second-order valence-corrected chi connectivity index (χ2v) is 39.3. The molecule has 7 aromatic carbocycles. The number of urea groups is 6. The van der Waals surface area contributed by atoms with Crippen LogP contribution in [0.25, 0.3) is 66.8 Å². The zero-order valence-electron chi connectivity index (χ0n) is 85.1. The van der Waals surface area contributed by atoms with Gasteiger partial charge in [0.2, 0.25) is 10.7 Å².